The average molecular weight is 546 g/mol. The van der Waals surface area contributed by atoms with Crippen molar-refractivity contribution in [3.8, 4) is 17.2 Å². The van der Waals surface area contributed by atoms with E-state index in [1.165, 1.54) is 42.9 Å². The predicted octanol–water partition coefficient (Wildman–Crippen LogP) is 4.96. The van der Waals surface area contributed by atoms with Crippen LogP contribution in [0, 0.1) is 17.5 Å². The molecule has 38 heavy (non-hydrogen) atoms. The summed E-state index contributed by atoms with van der Waals surface area (Å²) >= 11 is 6.39. The summed E-state index contributed by atoms with van der Waals surface area (Å²) in [4.78, 5) is 18.7. The van der Waals surface area contributed by atoms with Crippen molar-refractivity contribution in [3.05, 3.63) is 93.5 Å². The first-order valence-corrected chi connectivity index (χ1v) is 12.2. The van der Waals surface area contributed by atoms with Gasteiger partial charge in [-0.25, -0.2) is 18.6 Å². The van der Waals surface area contributed by atoms with Crippen LogP contribution in [0.5, 0.6) is 11.5 Å². The summed E-state index contributed by atoms with van der Waals surface area (Å²) < 4.78 is 56.7. The van der Waals surface area contributed by atoms with Crippen LogP contribution in [0.2, 0.25) is 5.02 Å². The number of nitrogens with zero attached hydrogens (tertiary/aromatic N) is 5. The molecule has 0 amide bonds. The molecule has 0 atom stereocenters. The van der Waals surface area contributed by atoms with Crippen molar-refractivity contribution in [2.75, 3.05) is 24.6 Å². The zero-order valence-corrected chi connectivity index (χ0v) is 21.3. The first-order valence-electron chi connectivity index (χ1n) is 11.8. The molecular formula is C26H23ClF3N5O3. The summed E-state index contributed by atoms with van der Waals surface area (Å²) in [6, 6.07) is 9.25. The number of hydrogen-bond acceptors (Lipinski definition) is 6. The van der Waals surface area contributed by atoms with Gasteiger partial charge < -0.3 is 14.4 Å². The van der Waals surface area contributed by atoms with Gasteiger partial charge in [-0.05, 0) is 44.2 Å². The number of aromatic nitrogens is 4. The van der Waals surface area contributed by atoms with E-state index in [2.05, 4.69) is 10.1 Å². The molecule has 0 spiro atoms. The molecule has 1 fully saturated rings. The Morgan fingerprint density at radius 3 is 2.50 bits per heavy atom. The zero-order valence-electron chi connectivity index (χ0n) is 20.5. The van der Waals surface area contributed by atoms with Gasteiger partial charge in [0.25, 0.3) is 0 Å². The maximum atomic E-state index is 15.2. The van der Waals surface area contributed by atoms with Crippen molar-refractivity contribution < 1.29 is 22.6 Å². The van der Waals surface area contributed by atoms with Crippen molar-refractivity contribution >= 4 is 17.4 Å². The molecule has 198 valence electrons. The van der Waals surface area contributed by atoms with E-state index >= 15 is 4.39 Å². The highest BCUT2D eigenvalue weighted by Gasteiger charge is 2.41. The van der Waals surface area contributed by atoms with E-state index in [4.69, 9.17) is 21.1 Å². The first kappa shape index (κ1) is 25.8. The number of benzene rings is 2. The lowest BCUT2D eigenvalue weighted by molar-refractivity contribution is -0.0451. The Balaban J connectivity index is 1.34. The molecule has 1 aliphatic rings. The van der Waals surface area contributed by atoms with Crippen LogP contribution in [-0.4, -0.2) is 44.6 Å². The maximum absolute atomic E-state index is 15.2. The molecule has 0 bridgehead atoms. The quantitative estimate of drug-likeness (QED) is 0.312. The van der Waals surface area contributed by atoms with Gasteiger partial charge in [0.2, 0.25) is 5.82 Å². The Morgan fingerprint density at radius 1 is 1.08 bits per heavy atom. The van der Waals surface area contributed by atoms with Crippen LogP contribution in [0.15, 0.2) is 59.8 Å². The fourth-order valence-corrected chi connectivity index (χ4v) is 4.58. The van der Waals surface area contributed by atoms with E-state index in [0.717, 1.165) is 21.4 Å². The van der Waals surface area contributed by atoms with Crippen molar-refractivity contribution in [1.82, 2.24) is 19.3 Å². The fourth-order valence-electron chi connectivity index (χ4n) is 4.36. The summed E-state index contributed by atoms with van der Waals surface area (Å²) in [5.41, 5.74) is -0.953. The third-order valence-electron chi connectivity index (χ3n) is 6.18. The van der Waals surface area contributed by atoms with Gasteiger partial charge >= 0.3 is 5.69 Å². The smallest absolute Gasteiger partial charge is 0.350 e. The molecule has 1 saturated heterocycles. The molecule has 2 aromatic heterocycles. The third kappa shape index (κ3) is 4.86. The minimum absolute atomic E-state index is 0.0666. The predicted molar refractivity (Wildman–Crippen MR) is 135 cm³/mol. The minimum Gasteiger partial charge on any atom is -0.453 e. The van der Waals surface area contributed by atoms with Gasteiger partial charge in [0.1, 0.15) is 29.3 Å². The molecule has 3 heterocycles. The lowest BCUT2D eigenvalue weighted by atomic mass is 9.96. The largest absolute Gasteiger partial charge is 0.453 e. The number of anilines is 1. The number of ether oxygens (including phenoxy) is 2. The van der Waals surface area contributed by atoms with E-state index in [0.29, 0.717) is 19.7 Å². The fraction of sp³-hybridized carbons (Fsp3) is 0.269. The SMILES string of the molecule is CCOC1(C)CN(c2nccc(Oc3ccc(-n4ncn(Cc5c(F)cccc5F)c4=O)cc3Cl)c2F)C1. The van der Waals surface area contributed by atoms with E-state index in [9.17, 15) is 13.6 Å². The average Bonchev–Trinajstić information content (AvgIpc) is 3.22. The normalized spacial score (nSPS) is 14.4. The standard InChI is InChI=1S/C26H23ClF3N5O3/c1-3-37-26(2)13-34(14-26)24-23(30)22(9-10-31-24)38-21-8-7-16(11-18(21)27)35-25(36)33(15-32-35)12-17-19(28)5-4-6-20(17)29/h4-11,15H,3,12-14H2,1-2H3. The third-order valence-corrected chi connectivity index (χ3v) is 6.48. The molecule has 0 unspecified atom stereocenters. The Morgan fingerprint density at radius 2 is 1.82 bits per heavy atom. The Bertz CT molecular complexity index is 1530. The van der Waals surface area contributed by atoms with Crippen molar-refractivity contribution in [1.29, 1.82) is 0 Å². The number of pyridine rings is 1. The number of halogens is 4. The van der Waals surface area contributed by atoms with Gasteiger partial charge in [-0.15, -0.1) is 0 Å². The van der Waals surface area contributed by atoms with Crippen molar-refractivity contribution in [3.63, 3.8) is 0 Å². The second kappa shape index (κ2) is 10.1. The maximum Gasteiger partial charge on any atom is 0.350 e. The second-order valence-corrected chi connectivity index (χ2v) is 9.46. The van der Waals surface area contributed by atoms with E-state index in [1.807, 2.05) is 13.8 Å². The molecule has 2 aromatic carbocycles. The summed E-state index contributed by atoms with van der Waals surface area (Å²) in [5.74, 6) is -1.94. The molecular weight excluding hydrogens is 523 g/mol. The minimum atomic E-state index is -0.766. The van der Waals surface area contributed by atoms with Crippen molar-refractivity contribution in [2.45, 2.75) is 26.0 Å². The Hall–Kier alpha value is -3.83. The van der Waals surface area contributed by atoms with Crippen LogP contribution in [0.25, 0.3) is 5.69 Å². The highest BCUT2D eigenvalue weighted by molar-refractivity contribution is 6.32. The molecule has 1 aliphatic heterocycles. The molecule has 0 N–H and O–H groups in total. The van der Waals surface area contributed by atoms with Gasteiger partial charge in [0.05, 0.1) is 30.3 Å². The first-order chi connectivity index (χ1) is 18.2. The number of rotatable bonds is 8. The van der Waals surface area contributed by atoms with Gasteiger partial charge in [-0.1, -0.05) is 17.7 Å². The van der Waals surface area contributed by atoms with E-state index < -0.39 is 23.1 Å². The van der Waals surface area contributed by atoms with Crippen LogP contribution in [0.1, 0.15) is 19.4 Å². The monoisotopic (exact) mass is 545 g/mol. The topological polar surface area (TPSA) is 74.4 Å². The summed E-state index contributed by atoms with van der Waals surface area (Å²) in [6.07, 6.45) is 2.61. The van der Waals surface area contributed by atoms with Gasteiger partial charge in [-0.3, -0.25) is 4.57 Å². The Kier molecular flexibility index (Phi) is 6.89. The van der Waals surface area contributed by atoms with Crippen LogP contribution in [0.3, 0.4) is 0 Å². The summed E-state index contributed by atoms with van der Waals surface area (Å²) in [6.45, 7) is 5.08. The van der Waals surface area contributed by atoms with Crippen LogP contribution in [-0.2, 0) is 11.3 Å². The molecule has 12 heteroatoms. The van der Waals surface area contributed by atoms with Crippen molar-refractivity contribution in [2.24, 2.45) is 0 Å². The molecule has 0 radical (unpaired) electrons. The highest BCUT2D eigenvalue weighted by atomic mass is 35.5. The molecule has 8 nitrogen and oxygen atoms in total. The lowest BCUT2D eigenvalue weighted by Crippen LogP contribution is -2.62. The van der Waals surface area contributed by atoms with Crippen LogP contribution < -0.4 is 15.3 Å². The molecule has 4 aromatic rings. The van der Waals surface area contributed by atoms with E-state index in [1.54, 1.807) is 4.90 Å². The Labute approximate surface area is 220 Å². The second-order valence-electron chi connectivity index (χ2n) is 9.06. The van der Waals surface area contributed by atoms with E-state index in [-0.39, 0.29) is 45.7 Å². The molecule has 0 aliphatic carbocycles. The van der Waals surface area contributed by atoms with Gasteiger partial charge in [0, 0.05) is 24.4 Å². The molecule has 5 rings (SSSR count). The van der Waals surface area contributed by atoms with Crippen LogP contribution in [0.4, 0.5) is 19.0 Å². The summed E-state index contributed by atoms with van der Waals surface area (Å²) in [7, 11) is 0. The molecule has 0 saturated carbocycles. The van der Waals surface area contributed by atoms with Gasteiger partial charge in [-0.2, -0.15) is 14.2 Å². The zero-order chi connectivity index (χ0) is 27.0. The highest BCUT2D eigenvalue weighted by Crippen LogP contribution is 2.37. The lowest BCUT2D eigenvalue weighted by Gasteiger charge is -2.48. The van der Waals surface area contributed by atoms with Gasteiger partial charge in [0.15, 0.2) is 11.6 Å². The summed E-state index contributed by atoms with van der Waals surface area (Å²) in [5, 5.41) is 4.11. The van der Waals surface area contributed by atoms with Crippen LogP contribution >= 0.6 is 11.6 Å². The number of hydrogen-bond donors (Lipinski definition) is 0.